The molecule has 5 rings (SSSR count). The molecule has 106 valence electrons. The van der Waals surface area contributed by atoms with Gasteiger partial charge in [0.25, 0.3) is 0 Å². The van der Waals surface area contributed by atoms with Crippen LogP contribution in [0, 0.1) is 0 Å². The minimum Gasteiger partial charge on any atom is -0.463 e. The second-order valence-corrected chi connectivity index (χ2v) is 5.88. The van der Waals surface area contributed by atoms with Gasteiger partial charge < -0.3 is 13.9 Å². The highest BCUT2D eigenvalue weighted by Gasteiger charge is 2.66. The third kappa shape index (κ3) is 1.79. The van der Waals surface area contributed by atoms with Crippen molar-refractivity contribution in [2.24, 2.45) is 0 Å². The van der Waals surface area contributed by atoms with Crippen molar-refractivity contribution in [2.75, 3.05) is 0 Å². The number of epoxide rings is 2. The number of rotatable bonds is 3. The number of ether oxygens (including phenoxy) is 2. The summed E-state index contributed by atoms with van der Waals surface area (Å²) in [6.45, 7) is 0. The zero-order valence-corrected chi connectivity index (χ0v) is 11.3. The van der Waals surface area contributed by atoms with Gasteiger partial charge in [-0.1, -0.05) is 30.3 Å². The maximum absolute atomic E-state index is 12.3. The highest BCUT2D eigenvalue weighted by molar-refractivity contribution is 5.37. The topological polar surface area (TPSA) is 55.3 Å². The predicted molar refractivity (Wildman–Crippen MR) is 74.1 cm³/mol. The molecular formula is C17H14O4. The summed E-state index contributed by atoms with van der Waals surface area (Å²) in [6, 6.07) is 11.8. The number of hydrogen-bond donors (Lipinski definition) is 0. The molecule has 4 heteroatoms. The van der Waals surface area contributed by atoms with E-state index in [1.165, 1.54) is 5.56 Å². The van der Waals surface area contributed by atoms with Crippen LogP contribution in [0.25, 0.3) is 0 Å². The SMILES string of the molecule is O=c1cc(CCc2ccccc2)oc2c1[C@H]1O[C@H]1[C@H]1O[C@@H]21. The first-order valence-corrected chi connectivity index (χ1v) is 7.33. The van der Waals surface area contributed by atoms with Gasteiger partial charge in [0.2, 0.25) is 0 Å². The van der Waals surface area contributed by atoms with Crippen LogP contribution in [0.15, 0.2) is 45.6 Å². The van der Waals surface area contributed by atoms with E-state index in [-0.39, 0.29) is 29.8 Å². The molecule has 0 radical (unpaired) electrons. The van der Waals surface area contributed by atoms with Crippen molar-refractivity contribution in [1.82, 2.24) is 0 Å². The highest BCUT2D eigenvalue weighted by atomic mass is 16.7. The lowest BCUT2D eigenvalue weighted by atomic mass is 9.96. The molecule has 2 aliphatic heterocycles. The van der Waals surface area contributed by atoms with Gasteiger partial charge >= 0.3 is 0 Å². The fourth-order valence-corrected chi connectivity index (χ4v) is 3.29. The predicted octanol–water partition coefficient (Wildman–Crippen LogP) is 2.32. The quantitative estimate of drug-likeness (QED) is 0.811. The van der Waals surface area contributed by atoms with Crippen molar-refractivity contribution < 1.29 is 13.9 Å². The van der Waals surface area contributed by atoms with Gasteiger partial charge in [0, 0.05) is 12.5 Å². The summed E-state index contributed by atoms with van der Waals surface area (Å²) >= 11 is 0. The summed E-state index contributed by atoms with van der Waals surface area (Å²) in [5.74, 6) is 1.44. The third-order valence-electron chi connectivity index (χ3n) is 4.48. The molecular weight excluding hydrogens is 268 g/mol. The summed E-state index contributed by atoms with van der Waals surface area (Å²) in [5, 5.41) is 0. The Kier molecular flexibility index (Phi) is 2.26. The fourth-order valence-electron chi connectivity index (χ4n) is 3.29. The van der Waals surface area contributed by atoms with Crippen molar-refractivity contribution in [3.05, 3.63) is 69.3 Å². The smallest absolute Gasteiger partial charge is 0.191 e. The van der Waals surface area contributed by atoms with E-state index in [4.69, 9.17) is 13.9 Å². The van der Waals surface area contributed by atoms with Crippen LogP contribution in [0.4, 0.5) is 0 Å². The molecule has 4 nitrogen and oxygen atoms in total. The molecule has 0 spiro atoms. The second kappa shape index (κ2) is 4.06. The highest BCUT2D eigenvalue weighted by Crippen LogP contribution is 2.59. The molecule has 1 aromatic heterocycles. The largest absolute Gasteiger partial charge is 0.463 e. The summed E-state index contributed by atoms with van der Waals surface area (Å²) < 4.78 is 17.0. The molecule has 2 saturated heterocycles. The van der Waals surface area contributed by atoms with Crippen LogP contribution >= 0.6 is 0 Å². The van der Waals surface area contributed by atoms with Crippen molar-refractivity contribution in [1.29, 1.82) is 0 Å². The standard InChI is InChI=1S/C17H14O4/c18-11-8-10(7-6-9-4-2-1-3-5-9)19-13-12(11)14-16(20-14)17-15(13)21-17/h1-5,8,14-17H,6-7H2/t14-,15+,16-,17+/m1/s1. The molecule has 4 atom stereocenters. The lowest BCUT2D eigenvalue weighted by Gasteiger charge is -2.09. The Labute approximate surface area is 121 Å². The summed E-state index contributed by atoms with van der Waals surface area (Å²) in [6.07, 6.45) is 1.62. The van der Waals surface area contributed by atoms with E-state index in [0.29, 0.717) is 11.3 Å². The molecule has 0 amide bonds. The van der Waals surface area contributed by atoms with E-state index in [2.05, 4.69) is 12.1 Å². The molecule has 3 aliphatic rings. The lowest BCUT2D eigenvalue weighted by Crippen LogP contribution is -2.18. The maximum Gasteiger partial charge on any atom is 0.191 e. The van der Waals surface area contributed by atoms with E-state index in [1.807, 2.05) is 18.2 Å². The van der Waals surface area contributed by atoms with Crippen molar-refractivity contribution in [3.63, 3.8) is 0 Å². The molecule has 2 aromatic rings. The zero-order chi connectivity index (χ0) is 14.0. The molecule has 3 heterocycles. The Hall–Kier alpha value is -1.91. The average molecular weight is 282 g/mol. The van der Waals surface area contributed by atoms with Crippen LogP contribution < -0.4 is 5.43 Å². The summed E-state index contributed by atoms with van der Waals surface area (Å²) in [4.78, 5) is 12.3. The molecule has 21 heavy (non-hydrogen) atoms. The molecule has 1 aromatic carbocycles. The molecule has 2 fully saturated rings. The summed E-state index contributed by atoms with van der Waals surface area (Å²) in [7, 11) is 0. The average Bonchev–Trinajstić information content (AvgIpc) is 3.36. The minimum atomic E-state index is -0.0943. The van der Waals surface area contributed by atoms with Crippen molar-refractivity contribution in [3.8, 4) is 0 Å². The van der Waals surface area contributed by atoms with E-state index in [0.717, 1.165) is 18.6 Å². The molecule has 0 bridgehead atoms. The van der Waals surface area contributed by atoms with Crippen LogP contribution in [0.2, 0.25) is 0 Å². The van der Waals surface area contributed by atoms with Gasteiger partial charge in [-0.05, 0) is 12.0 Å². The summed E-state index contributed by atoms with van der Waals surface area (Å²) in [5.41, 5.74) is 1.95. The van der Waals surface area contributed by atoms with Gasteiger partial charge in [-0.15, -0.1) is 0 Å². The number of fused-ring (bicyclic) bond motifs is 6. The third-order valence-corrected chi connectivity index (χ3v) is 4.48. The number of benzene rings is 1. The number of hydrogen-bond acceptors (Lipinski definition) is 4. The molecule has 0 unspecified atom stereocenters. The fraction of sp³-hybridized carbons (Fsp3) is 0.353. The molecule has 0 N–H and O–H groups in total. The van der Waals surface area contributed by atoms with Crippen molar-refractivity contribution in [2.45, 2.75) is 37.3 Å². The first kappa shape index (κ1) is 11.7. The second-order valence-electron chi connectivity index (χ2n) is 5.88. The van der Waals surface area contributed by atoms with Crippen LogP contribution in [0.3, 0.4) is 0 Å². The van der Waals surface area contributed by atoms with Crippen LogP contribution in [0.1, 0.15) is 34.9 Å². The van der Waals surface area contributed by atoms with Crippen LogP contribution in [0.5, 0.6) is 0 Å². The monoisotopic (exact) mass is 282 g/mol. The molecule has 1 aliphatic carbocycles. The number of aryl methyl sites for hydroxylation is 2. The van der Waals surface area contributed by atoms with Gasteiger partial charge in [0.05, 0.1) is 5.56 Å². The normalized spacial score (nSPS) is 31.0. The van der Waals surface area contributed by atoms with E-state index < -0.39 is 0 Å². The zero-order valence-electron chi connectivity index (χ0n) is 11.3. The van der Waals surface area contributed by atoms with Gasteiger partial charge in [-0.3, -0.25) is 4.79 Å². The van der Waals surface area contributed by atoms with E-state index >= 15 is 0 Å². The van der Waals surface area contributed by atoms with E-state index in [9.17, 15) is 4.79 Å². The Morgan fingerprint density at radius 3 is 2.57 bits per heavy atom. The van der Waals surface area contributed by atoms with Crippen LogP contribution in [-0.2, 0) is 22.3 Å². The molecule has 0 saturated carbocycles. The van der Waals surface area contributed by atoms with Crippen LogP contribution in [-0.4, -0.2) is 12.2 Å². The van der Waals surface area contributed by atoms with Gasteiger partial charge in [0.15, 0.2) is 5.43 Å². The van der Waals surface area contributed by atoms with E-state index in [1.54, 1.807) is 6.07 Å². The van der Waals surface area contributed by atoms with Gasteiger partial charge in [-0.25, -0.2) is 0 Å². The minimum absolute atomic E-state index is 0.0285. The van der Waals surface area contributed by atoms with Crippen molar-refractivity contribution >= 4 is 0 Å². The first-order chi connectivity index (χ1) is 10.3. The lowest BCUT2D eigenvalue weighted by molar-refractivity contribution is 0.289. The Morgan fingerprint density at radius 1 is 0.952 bits per heavy atom. The van der Waals surface area contributed by atoms with Gasteiger partial charge in [-0.2, -0.15) is 0 Å². The maximum atomic E-state index is 12.3. The van der Waals surface area contributed by atoms with Gasteiger partial charge in [0.1, 0.15) is 35.9 Å². The Bertz CT molecular complexity index is 764. The Balaban J connectivity index is 1.45. The Morgan fingerprint density at radius 2 is 1.71 bits per heavy atom. The first-order valence-electron chi connectivity index (χ1n) is 7.33.